The van der Waals surface area contributed by atoms with Crippen molar-refractivity contribution >= 4 is 11.6 Å². The topological polar surface area (TPSA) is 30.5 Å². The van der Waals surface area contributed by atoms with E-state index in [0.717, 1.165) is 19.4 Å². The van der Waals surface area contributed by atoms with E-state index in [1.54, 1.807) is 13.2 Å². The largest absolute Gasteiger partial charge is 0.383 e. The first kappa shape index (κ1) is 15.7. The van der Waals surface area contributed by atoms with E-state index < -0.39 is 0 Å². The van der Waals surface area contributed by atoms with Crippen molar-refractivity contribution < 1.29 is 13.9 Å². The molecule has 2 rings (SSSR count). The van der Waals surface area contributed by atoms with E-state index in [4.69, 9.17) is 21.1 Å². The summed E-state index contributed by atoms with van der Waals surface area (Å²) in [5.41, 5.74) is 0.444. The van der Waals surface area contributed by atoms with Gasteiger partial charge in [0.25, 0.3) is 0 Å². The Morgan fingerprint density at radius 3 is 2.85 bits per heavy atom. The van der Waals surface area contributed by atoms with Crippen LogP contribution >= 0.6 is 11.6 Å². The van der Waals surface area contributed by atoms with Crippen LogP contribution in [0, 0.1) is 5.82 Å². The van der Waals surface area contributed by atoms with Crippen molar-refractivity contribution in [2.24, 2.45) is 0 Å². The third kappa shape index (κ3) is 3.50. The van der Waals surface area contributed by atoms with E-state index in [1.165, 1.54) is 0 Å². The molecule has 0 aliphatic carbocycles. The SMILES string of the molecule is COCCNCC1(c2cccc(Cl)c2F)CCOCC1. The van der Waals surface area contributed by atoms with Gasteiger partial charge in [-0.05, 0) is 24.5 Å². The molecule has 1 aromatic carbocycles. The zero-order chi connectivity index (χ0) is 14.4. The minimum atomic E-state index is -0.301. The Balaban J connectivity index is 2.19. The summed E-state index contributed by atoms with van der Waals surface area (Å²) in [6.45, 7) is 3.40. The Labute approximate surface area is 124 Å². The van der Waals surface area contributed by atoms with Crippen molar-refractivity contribution in [1.82, 2.24) is 5.32 Å². The first-order valence-corrected chi connectivity index (χ1v) is 7.29. The van der Waals surface area contributed by atoms with Gasteiger partial charge in [0.05, 0.1) is 11.6 Å². The fraction of sp³-hybridized carbons (Fsp3) is 0.600. The molecule has 1 N–H and O–H groups in total. The highest BCUT2D eigenvalue weighted by Gasteiger charge is 2.36. The van der Waals surface area contributed by atoms with Gasteiger partial charge in [-0.25, -0.2) is 4.39 Å². The zero-order valence-corrected chi connectivity index (χ0v) is 12.5. The van der Waals surface area contributed by atoms with Gasteiger partial charge in [-0.1, -0.05) is 23.7 Å². The van der Waals surface area contributed by atoms with Crippen LogP contribution in [0.1, 0.15) is 18.4 Å². The summed E-state index contributed by atoms with van der Waals surface area (Å²) < 4.78 is 24.8. The zero-order valence-electron chi connectivity index (χ0n) is 11.8. The monoisotopic (exact) mass is 301 g/mol. The van der Waals surface area contributed by atoms with Gasteiger partial charge in [0, 0.05) is 38.8 Å². The molecule has 5 heteroatoms. The van der Waals surface area contributed by atoms with Crippen LogP contribution in [0.15, 0.2) is 18.2 Å². The highest BCUT2D eigenvalue weighted by molar-refractivity contribution is 6.30. The minimum Gasteiger partial charge on any atom is -0.383 e. The van der Waals surface area contributed by atoms with Gasteiger partial charge in [0.1, 0.15) is 5.82 Å². The summed E-state index contributed by atoms with van der Waals surface area (Å²) in [5.74, 6) is -0.301. The Kier molecular flexibility index (Phi) is 5.78. The Morgan fingerprint density at radius 2 is 2.15 bits per heavy atom. The van der Waals surface area contributed by atoms with Crippen LogP contribution in [-0.2, 0) is 14.9 Å². The predicted molar refractivity (Wildman–Crippen MR) is 77.9 cm³/mol. The molecule has 0 aromatic heterocycles. The molecular weight excluding hydrogens is 281 g/mol. The van der Waals surface area contributed by atoms with Crippen molar-refractivity contribution in [3.05, 3.63) is 34.6 Å². The molecule has 0 unspecified atom stereocenters. The molecule has 1 aliphatic rings. The van der Waals surface area contributed by atoms with Crippen LogP contribution in [0.5, 0.6) is 0 Å². The molecule has 112 valence electrons. The average molecular weight is 302 g/mol. The van der Waals surface area contributed by atoms with E-state index in [0.29, 0.717) is 31.9 Å². The standard InChI is InChI=1S/C15H21ClFNO2/c1-19-10-7-18-11-15(5-8-20-9-6-15)12-3-2-4-13(16)14(12)17/h2-4,18H,5-11H2,1H3. The number of methoxy groups -OCH3 is 1. The van der Waals surface area contributed by atoms with Gasteiger partial charge in [-0.2, -0.15) is 0 Å². The highest BCUT2D eigenvalue weighted by atomic mass is 35.5. The summed E-state index contributed by atoms with van der Waals surface area (Å²) in [5, 5.41) is 3.54. The number of hydrogen-bond acceptors (Lipinski definition) is 3. The molecule has 1 saturated heterocycles. The summed E-state index contributed by atoms with van der Waals surface area (Å²) in [6.07, 6.45) is 1.59. The Morgan fingerprint density at radius 1 is 1.40 bits per heavy atom. The predicted octanol–water partition coefficient (Wildman–Crippen LogP) is 2.76. The molecule has 1 aliphatic heterocycles. The van der Waals surface area contributed by atoms with Crippen LogP contribution in [0.2, 0.25) is 5.02 Å². The fourth-order valence-electron chi connectivity index (χ4n) is 2.72. The van der Waals surface area contributed by atoms with Crippen molar-refractivity contribution in [3.8, 4) is 0 Å². The summed E-state index contributed by atoms with van der Waals surface area (Å²) in [4.78, 5) is 0. The van der Waals surface area contributed by atoms with Gasteiger partial charge in [0.2, 0.25) is 0 Å². The van der Waals surface area contributed by atoms with Crippen molar-refractivity contribution in [1.29, 1.82) is 0 Å². The molecule has 3 nitrogen and oxygen atoms in total. The maximum atomic E-state index is 14.4. The van der Waals surface area contributed by atoms with Crippen molar-refractivity contribution in [2.75, 3.05) is 40.0 Å². The van der Waals surface area contributed by atoms with Gasteiger partial charge in [0.15, 0.2) is 0 Å². The third-order valence-corrected chi connectivity index (χ3v) is 4.21. The number of nitrogens with one attached hydrogen (secondary N) is 1. The maximum absolute atomic E-state index is 14.4. The molecule has 0 atom stereocenters. The lowest BCUT2D eigenvalue weighted by atomic mass is 9.74. The second-order valence-corrected chi connectivity index (χ2v) is 5.57. The lowest BCUT2D eigenvalue weighted by molar-refractivity contribution is 0.0480. The van der Waals surface area contributed by atoms with E-state index in [1.807, 2.05) is 12.1 Å². The molecule has 0 bridgehead atoms. The highest BCUT2D eigenvalue weighted by Crippen LogP contribution is 2.37. The molecule has 1 fully saturated rings. The van der Waals surface area contributed by atoms with Gasteiger partial charge in [-0.3, -0.25) is 0 Å². The lowest BCUT2D eigenvalue weighted by Crippen LogP contribution is -2.44. The number of halogens is 2. The summed E-state index contributed by atoms with van der Waals surface area (Å²) in [6, 6.07) is 5.24. The fourth-order valence-corrected chi connectivity index (χ4v) is 2.89. The summed E-state index contributed by atoms with van der Waals surface area (Å²) >= 11 is 5.93. The maximum Gasteiger partial charge on any atom is 0.145 e. The third-order valence-electron chi connectivity index (χ3n) is 3.92. The molecule has 0 amide bonds. The van der Waals surface area contributed by atoms with E-state index in [-0.39, 0.29) is 16.3 Å². The molecule has 0 spiro atoms. The van der Waals surface area contributed by atoms with E-state index >= 15 is 0 Å². The molecule has 20 heavy (non-hydrogen) atoms. The van der Waals surface area contributed by atoms with Crippen LogP contribution in [0.25, 0.3) is 0 Å². The number of rotatable bonds is 6. The van der Waals surface area contributed by atoms with Crippen LogP contribution in [0.4, 0.5) is 4.39 Å². The average Bonchev–Trinajstić information content (AvgIpc) is 2.47. The molecule has 0 radical (unpaired) electrons. The Bertz CT molecular complexity index is 436. The van der Waals surface area contributed by atoms with Crippen molar-refractivity contribution in [3.63, 3.8) is 0 Å². The minimum absolute atomic E-state index is 0.185. The van der Waals surface area contributed by atoms with Gasteiger partial charge in [-0.15, -0.1) is 0 Å². The number of hydrogen-bond donors (Lipinski definition) is 1. The van der Waals surface area contributed by atoms with Crippen LogP contribution in [0.3, 0.4) is 0 Å². The molecule has 1 heterocycles. The second-order valence-electron chi connectivity index (χ2n) is 5.16. The smallest absolute Gasteiger partial charge is 0.145 e. The van der Waals surface area contributed by atoms with Crippen LogP contribution in [-0.4, -0.2) is 40.0 Å². The normalized spacial score (nSPS) is 18.1. The van der Waals surface area contributed by atoms with E-state index in [2.05, 4.69) is 5.32 Å². The van der Waals surface area contributed by atoms with Gasteiger partial charge >= 0.3 is 0 Å². The first-order chi connectivity index (χ1) is 9.69. The first-order valence-electron chi connectivity index (χ1n) is 6.91. The van der Waals surface area contributed by atoms with Crippen molar-refractivity contribution in [2.45, 2.75) is 18.3 Å². The molecular formula is C15H21ClFNO2. The summed E-state index contributed by atoms with van der Waals surface area (Å²) in [7, 11) is 1.67. The van der Waals surface area contributed by atoms with E-state index in [9.17, 15) is 4.39 Å². The second kappa shape index (κ2) is 7.36. The van der Waals surface area contributed by atoms with Crippen LogP contribution < -0.4 is 5.32 Å². The molecule has 1 aromatic rings. The van der Waals surface area contributed by atoms with Gasteiger partial charge < -0.3 is 14.8 Å². The lowest BCUT2D eigenvalue weighted by Gasteiger charge is -2.38. The molecule has 0 saturated carbocycles. The quantitative estimate of drug-likeness (QED) is 0.820. The number of ether oxygens (including phenoxy) is 2. The number of benzene rings is 1. The Hall–Kier alpha value is -0.680.